The molecule has 2 rings (SSSR count). The van der Waals surface area contributed by atoms with E-state index in [2.05, 4.69) is 36.3 Å². The summed E-state index contributed by atoms with van der Waals surface area (Å²) in [4.78, 5) is 2.43. The summed E-state index contributed by atoms with van der Waals surface area (Å²) in [5, 5.41) is 3.65. The Morgan fingerprint density at radius 3 is 2.71 bits per heavy atom. The second kappa shape index (κ2) is 7.66. The summed E-state index contributed by atoms with van der Waals surface area (Å²) in [6, 6.07) is 6.45. The number of ether oxygens (including phenoxy) is 2. The molecule has 1 aromatic carbocycles. The van der Waals surface area contributed by atoms with Gasteiger partial charge in [-0.25, -0.2) is 0 Å². The molecule has 0 aliphatic carbocycles. The Labute approximate surface area is 128 Å². The lowest BCUT2D eigenvalue weighted by Gasteiger charge is -2.30. The largest absolute Gasteiger partial charge is 0.493 e. The minimum absolute atomic E-state index is 0.317. The molecule has 1 N–H and O–H groups in total. The first-order chi connectivity index (χ1) is 10.1. The summed E-state index contributed by atoms with van der Waals surface area (Å²) >= 11 is 0. The quantitative estimate of drug-likeness (QED) is 0.874. The van der Waals surface area contributed by atoms with Gasteiger partial charge in [0.05, 0.1) is 14.2 Å². The smallest absolute Gasteiger partial charge is 0.161 e. The first kappa shape index (κ1) is 16.1. The van der Waals surface area contributed by atoms with Crippen molar-refractivity contribution in [2.24, 2.45) is 5.92 Å². The second-order valence-corrected chi connectivity index (χ2v) is 6.01. The zero-order valence-corrected chi connectivity index (χ0v) is 13.7. The third kappa shape index (κ3) is 4.35. The predicted octanol–water partition coefficient (Wildman–Crippen LogP) is 2.70. The maximum absolute atomic E-state index is 5.38. The van der Waals surface area contributed by atoms with Gasteiger partial charge in [-0.1, -0.05) is 6.07 Å². The summed E-state index contributed by atoms with van der Waals surface area (Å²) in [6.45, 7) is 5.71. The van der Waals surface area contributed by atoms with Gasteiger partial charge in [-0.05, 0) is 63.5 Å². The van der Waals surface area contributed by atoms with Crippen molar-refractivity contribution in [3.63, 3.8) is 0 Å². The van der Waals surface area contributed by atoms with Gasteiger partial charge in [0, 0.05) is 12.6 Å². The molecule has 1 heterocycles. The highest BCUT2D eigenvalue weighted by molar-refractivity contribution is 5.43. The topological polar surface area (TPSA) is 33.7 Å². The molecule has 1 aliphatic rings. The van der Waals surface area contributed by atoms with Crippen molar-refractivity contribution in [3.8, 4) is 11.5 Å². The molecule has 1 aromatic rings. The average Bonchev–Trinajstić information content (AvgIpc) is 2.52. The highest BCUT2D eigenvalue weighted by Gasteiger charge is 2.18. The number of nitrogens with one attached hydrogen (secondary N) is 1. The molecule has 118 valence electrons. The monoisotopic (exact) mass is 292 g/mol. The molecular weight excluding hydrogens is 264 g/mol. The Balaban J connectivity index is 1.92. The fourth-order valence-electron chi connectivity index (χ4n) is 3.02. The van der Waals surface area contributed by atoms with E-state index in [4.69, 9.17) is 9.47 Å². The third-order valence-electron chi connectivity index (χ3n) is 4.34. The average molecular weight is 292 g/mol. The van der Waals surface area contributed by atoms with Gasteiger partial charge in [-0.15, -0.1) is 0 Å². The molecule has 1 saturated heterocycles. The number of rotatable bonds is 6. The van der Waals surface area contributed by atoms with E-state index < -0.39 is 0 Å². The van der Waals surface area contributed by atoms with Crippen molar-refractivity contribution >= 4 is 0 Å². The number of nitrogens with zero attached hydrogens (tertiary/aromatic N) is 1. The van der Waals surface area contributed by atoms with Crippen molar-refractivity contribution in [2.45, 2.75) is 25.8 Å². The van der Waals surface area contributed by atoms with E-state index in [-0.39, 0.29) is 0 Å². The lowest BCUT2D eigenvalue weighted by atomic mass is 9.97. The lowest BCUT2D eigenvalue weighted by Crippen LogP contribution is -2.37. The Bertz CT molecular complexity index is 450. The van der Waals surface area contributed by atoms with Crippen molar-refractivity contribution in [1.29, 1.82) is 0 Å². The molecule has 0 spiro atoms. The molecule has 1 fully saturated rings. The zero-order chi connectivity index (χ0) is 15.2. The van der Waals surface area contributed by atoms with E-state index in [0.717, 1.165) is 24.0 Å². The Morgan fingerprint density at radius 1 is 1.29 bits per heavy atom. The van der Waals surface area contributed by atoms with Crippen LogP contribution in [0.25, 0.3) is 0 Å². The maximum atomic E-state index is 5.38. The molecule has 4 nitrogen and oxygen atoms in total. The number of benzene rings is 1. The number of methoxy groups -OCH3 is 2. The molecule has 2 atom stereocenters. The molecule has 1 aliphatic heterocycles. The number of piperidine rings is 1. The zero-order valence-electron chi connectivity index (χ0n) is 13.7. The standard InChI is InChI=1S/C17H28N2O2/c1-13(18-11-14-6-5-9-19(2)12-14)15-7-8-16(20-3)17(10-15)21-4/h7-8,10,13-14,18H,5-6,9,11-12H2,1-4H3. The molecule has 4 heteroatoms. The Kier molecular flexibility index (Phi) is 5.88. The van der Waals surface area contributed by atoms with Crippen LogP contribution in [-0.4, -0.2) is 45.8 Å². The van der Waals surface area contributed by atoms with Crippen LogP contribution in [0.2, 0.25) is 0 Å². The lowest BCUT2D eigenvalue weighted by molar-refractivity contribution is 0.203. The minimum Gasteiger partial charge on any atom is -0.493 e. The normalized spacial score (nSPS) is 21.0. The molecule has 0 amide bonds. The van der Waals surface area contributed by atoms with Crippen LogP contribution in [0.4, 0.5) is 0 Å². The van der Waals surface area contributed by atoms with Crippen molar-refractivity contribution in [3.05, 3.63) is 23.8 Å². The summed E-state index contributed by atoms with van der Waals surface area (Å²) in [5.74, 6) is 2.33. The van der Waals surface area contributed by atoms with Crippen LogP contribution in [0, 0.1) is 5.92 Å². The summed E-state index contributed by atoms with van der Waals surface area (Å²) in [6.07, 6.45) is 2.64. The van der Waals surface area contributed by atoms with Gasteiger partial charge < -0.3 is 19.7 Å². The minimum atomic E-state index is 0.317. The number of hydrogen-bond donors (Lipinski definition) is 1. The van der Waals surface area contributed by atoms with Crippen LogP contribution < -0.4 is 14.8 Å². The molecule has 21 heavy (non-hydrogen) atoms. The van der Waals surface area contributed by atoms with E-state index in [1.165, 1.54) is 31.5 Å². The van der Waals surface area contributed by atoms with Gasteiger partial charge in [0.15, 0.2) is 11.5 Å². The van der Waals surface area contributed by atoms with Gasteiger partial charge in [0.2, 0.25) is 0 Å². The SMILES string of the molecule is COc1ccc(C(C)NCC2CCCN(C)C2)cc1OC. The Morgan fingerprint density at radius 2 is 2.05 bits per heavy atom. The van der Waals surface area contributed by atoms with Crippen LogP contribution in [0.3, 0.4) is 0 Å². The molecule has 0 radical (unpaired) electrons. The van der Waals surface area contributed by atoms with Crippen molar-refractivity contribution < 1.29 is 9.47 Å². The van der Waals surface area contributed by atoms with E-state index in [1.54, 1.807) is 14.2 Å². The number of hydrogen-bond acceptors (Lipinski definition) is 4. The van der Waals surface area contributed by atoms with Crippen LogP contribution in [0.15, 0.2) is 18.2 Å². The molecule has 0 bridgehead atoms. The highest BCUT2D eigenvalue weighted by Crippen LogP contribution is 2.30. The van der Waals surface area contributed by atoms with Gasteiger partial charge in [0.25, 0.3) is 0 Å². The fourth-order valence-corrected chi connectivity index (χ4v) is 3.02. The maximum Gasteiger partial charge on any atom is 0.161 e. The van der Waals surface area contributed by atoms with Crippen LogP contribution >= 0.6 is 0 Å². The van der Waals surface area contributed by atoms with E-state index >= 15 is 0 Å². The van der Waals surface area contributed by atoms with E-state index in [1.807, 2.05) is 6.07 Å². The van der Waals surface area contributed by atoms with Gasteiger partial charge >= 0.3 is 0 Å². The van der Waals surface area contributed by atoms with Gasteiger partial charge in [-0.3, -0.25) is 0 Å². The van der Waals surface area contributed by atoms with Crippen LogP contribution in [-0.2, 0) is 0 Å². The molecule has 2 unspecified atom stereocenters. The number of likely N-dealkylation sites (tertiary alicyclic amines) is 1. The van der Waals surface area contributed by atoms with Crippen LogP contribution in [0.1, 0.15) is 31.4 Å². The summed E-state index contributed by atoms with van der Waals surface area (Å²) in [7, 11) is 5.56. The Hall–Kier alpha value is -1.26. The van der Waals surface area contributed by atoms with E-state index in [9.17, 15) is 0 Å². The third-order valence-corrected chi connectivity index (χ3v) is 4.34. The van der Waals surface area contributed by atoms with Crippen molar-refractivity contribution in [2.75, 3.05) is 40.9 Å². The first-order valence-electron chi connectivity index (χ1n) is 7.78. The van der Waals surface area contributed by atoms with Crippen molar-refractivity contribution in [1.82, 2.24) is 10.2 Å². The summed E-state index contributed by atoms with van der Waals surface area (Å²) in [5.41, 5.74) is 1.23. The molecular formula is C17H28N2O2. The van der Waals surface area contributed by atoms with Gasteiger partial charge in [0.1, 0.15) is 0 Å². The van der Waals surface area contributed by atoms with Gasteiger partial charge in [-0.2, -0.15) is 0 Å². The first-order valence-corrected chi connectivity index (χ1v) is 7.78. The van der Waals surface area contributed by atoms with Crippen LogP contribution in [0.5, 0.6) is 11.5 Å². The fraction of sp³-hybridized carbons (Fsp3) is 0.647. The summed E-state index contributed by atoms with van der Waals surface area (Å²) < 4.78 is 10.7. The second-order valence-electron chi connectivity index (χ2n) is 6.01. The highest BCUT2D eigenvalue weighted by atomic mass is 16.5. The van der Waals surface area contributed by atoms with E-state index in [0.29, 0.717) is 6.04 Å². The predicted molar refractivity (Wildman–Crippen MR) is 86.2 cm³/mol. The molecule has 0 aromatic heterocycles. The molecule has 0 saturated carbocycles.